The van der Waals surface area contributed by atoms with Crippen LogP contribution < -0.4 is 0 Å². The Balaban J connectivity index is 1.89. The van der Waals surface area contributed by atoms with Crippen LogP contribution in [0.3, 0.4) is 0 Å². The van der Waals surface area contributed by atoms with Gasteiger partial charge in [0, 0.05) is 23.7 Å². The quantitative estimate of drug-likeness (QED) is 0.505. The standard InChI is InChI=1S/C19H20Cl2N4S/c1-3-24-18(16-10-9-15(20)11-17(16)21)22-25(19(24)26)13-23(2)12-14-7-5-4-6-8-14/h4-11H,3,12-13H2,1-2H3. The smallest absolute Gasteiger partial charge is 0.199 e. The van der Waals surface area contributed by atoms with Gasteiger partial charge in [0.05, 0.1) is 11.7 Å². The maximum Gasteiger partial charge on any atom is 0.199 e. The average Bonchev–Trinajstić information content (AvgIpc) is 2.91. The van der Waals surface area contributed by atoms with Crippen molar-refractivity contribution < 1.29 is 0 Å². The summed E-state index contributed by atoms with van der Waals surface area (Å²) in [6.07, 6.45) is 0. The number of halogens is 2. The molecular formula is C19H20Cl2N4S. The van der Waals surface area contributed by atoms with Crippen molar-refractivity contribution in [1.82, 2.24) is 19.2 Å². The fourth-order valence-corrected chi connectivity index (χ4v) is 3.67. The Morgan fingerprint density at radius 3 is 2.50 bits per heavy atom. The van der Waals surface area contributed by atoms with E-state index in [1.54, 1.807) is 6.07 Å². The zero-order valence-electron chi connectivity index (χ0n) is 14.7. The van der Waals surface area contributed by atoms with Crippen LogP contribution >= 0.6 is 35.4 Å². The van der Waals surface area contributed by atoms with E-state index in [-0.39, 0.29) is 0 Å². The summed E-state index contributed by atoms with van der Waals surface area (Å²) in [6, 6.07) is 15.7. The molecule has 0 bridgehead atoms. The van der Waals surface area contributed by atoms with Crippen molar-refractivity contribution in [3.63, 3.8) is 0 Å². The first kappa shape index (κ1) is 19.1. The molecule has 1 aromatic heterocycles. The Morgan fingerprint density at radius 1 is 1.12 bits per heavy atom. The van der Waals surface area contributed by atoms with E-state index in [4.69, 9.17) is 40.5 Å². The molecule has 0 aliphatic heterocycles. The van der Waals surface area contributed by atoms with Crippen LogP contribution in [0.2, 0.25) is 10.0 Å². The molecule has 26 heavy (non-hydrogen) atoms. The summed E-state index contributed by atoms with van der Waals surface area (Å²) in [6.45, 7) is 4.18. The van der Waals surface area contributed by atoms with Gasteiger partial charge in [-0.25, -0.2) is 4.68 Å². The number of nitrogens with zero attached hydrogens (tertiary/aromatic N) is 4. The minimum atomic E-state index is 0.567. The molecule has 0 aliphatic carbocycles. The van der Waals surface area contributed by atoms with Gasteiger partial charge in [-0.2, -0.15) is 5.10 Å². The van der Waals surface area contributed by atoms with Gasteiger partial charge >= 0.3 is 0 Å². The third-order valence-electron chi connectivity index (χ3n) is 4.08. The molecule has 0 saturated carbocycles. The summed E-state index contributed by atoms with van der Waals surface area (Å²) in [5.74, 6) is 0.757. The van der Waals surface area contributed by atoms with Crippen LogP contribution in [0.4, 0.5) is 0 Å². The van der Waals surface area contributed by atoms with Crippen molar-refractivity contribution in [3.8, 4) is 11.4 Å². The van der Waals surface area contributed by atoms with Crippen molar-refractivity contribution in [2.45, 2.75) is 26.7 Å². The lowest BCUT2D eigenvalue weighted by Crippen LogP contribution is -2.22. The second-order valence-corrected chi connectivity index (χ2v) is 7.32. The van der Waals surface area contributed by atoms with Crippen LogP contribution in [0.1, 0.15) is 12.5 Å². The fourth-order valence-electron chi connectivity index (χ4n) is 2.86. The monoisotopic (exact) mass is 406 g/mol. The topological polar surface area (TPSA) is 26.0 Å². The van der Waals surface area contributed by atoms with Crippen LogP contribution in [0, 0.1) is 4.77 Å². The molecule has 0 amide bonds. The number of hydrogen-bond donors (Lipinski definition) is 0. The van der Waals surface area contributed by atoms with Crippen molar-refractivity contribution in [2.75, 3.05) is 7.05 Å². The van der Waals surface area contributed by atoms with Crippen molar-refractivity contribution in [1.29, 1.82) is 0 Å². The fraction of sp³-hybridized carbons (Fsp3) is 0.263. The Labute approximate surface area is 168 Å². The molecule has 0 fully saturated rings. The zero-order chi connectivity index (χ0) is 18.7. The van der Waals surface area contributed by atoms with Gasteiger partial charge in [-0.15, -0.1) is 0 Å². The highest BCUT2D eigenvalue weighted by Gasteiger charge is 2.15. The van der Waals surface area contributed by atoms with E-state index in [2.05, 4.69) is 24.1 Å². The van der Waals surface area contributed by atoms with E-state index in [0.29, 0.717) is 21.5 Å². The van der Waals surface area contributed by atoms with Crippen LogP contribution in [-0.2, 0) is 19.8 Å². The molecule has 3 rings (SSSR count). The number of benzene rings is 2. The second-order valence-electron chi connectivity index (χ2n) is 6.12. The van der Waals surface area contributed by atoms with E-state index in [9.17, 15) is 0 Å². The van der Waals surface area contributed by atoms with Gasteiger partial charge in [0.2, 0.25) is 0 Å². The van der Waals surface area contributed by atoms with E-state index < -0.39 is 0 Å². The van der Waals surface area contributed by atoms with Gasteiger partial charge in [0.1, 0.15) is 0 Å². The summed E-state index contributed by atoms with van der Waals surface area (Å²) in [5, 5.41) is 5.90. The van der Waals surface area contributed by atoms with Gasteiger partial charge in [-0.3, -0.25) is 4.90 Å². The molecule has 7 heteroatoms. The molecule has 4 nitrogen and oxygen atoms in total. The average molecular weight is 407 g/mol. The third kappa shape index (κ3) is 4.18. The Bertz CT molecular complexity index is 950. The Hall–Kier alpha value is -1.66. The summed E-state index contributed by atoms with van der Waals surface area (Å²) in [4.78, 5) is 2.17. The van der Waals surface area contributed by atoms with Gasteiger partial charge in [-0.05, 0) is 50.0 Å². The lowest BCUT2D eigenvalue weighted by molar-refractivity contribution is 0.244. The maximum atomic E-state index is 6.38. The largest absolute Gasteiger partial charge is 0.300 e. The summed E-state index contributed by atoms with van der Waals surface area (Å²) >= 11 is 18.0. The number of hydrogen-bond acceptors (Lipinski definition) is 3. The molecule has 0 spiro atoms. The first-order valence-corrected chi connectivity index (χ1v) is 9.51. The molecule has 0 saturated heterocycles. The summed E-state index contributed by atoms with van der Waals surface area (Å²) < 4.78 is 4.50. The SMILES string of the molecule is CCn1c(-c2ccc(Cl)cc2Cl)nn(CN(C)Cc2ccccc2)c1=S. The Kier molecular flexibility index (Phi) is 6.14. The zero-order valence-corrected chi connectivity index (χ0v) is 17.0. The predicted molar refractivity (Wildman–Crippen MR) is 110 cm³/mol. The third-order valence-corrected chi connectivity index (χ3v) is 5.06. The van der Waals surface area contributed by atoms with Gasteiger partial charge < -0.3 is 4.57 Å². The van der Waals surface area contributed by atoms with Crippen molar-refractivity contribution >= 4 is 35.4 Å². The maximum absolute atomic E-state index is 6.38. The minimum Gasteiger partial charge on any atom is -0.300 e. The van der Waals surface area contributed by atoms with Crippen molar-refractivity contribution in [3.05, 3.63) is 68.9 Å². The minimum absolute atomic E-state index is 0.567. The second kappa shape index (κ2) is 8.35. The molecule has 3 aromatic rings. The first-order valence-electron chi connectivity index (χ1n) is 8.35. The molecule has 0 N–H and O–H groups in total. The molecule has 136 valence electrons. The first-order chi connectivity index (χ1) is 12.5. The van der Waals surface area contributed by atoms with E-state index in [1.165, 1.54) is 5.56 Å². The molecule has 0 aliphatic rings. The lowest BCUT2D eigenvalue weighted by atomic mass is 10.2. The van der Waals surface area contributed by atoms with Crippen molar-refractivity contribution in [2.24, 2.45) is 0 Å². The van der Waals surface area contributed by atoms with Gasteiger partial charge in [0.15, 0.2) is 10.6 Å². The van der Waals surface area contributed by atoms with Crippen LogP contribution in [0.25, 0.3) is 11.4 Å². The molecular weight excluding hydrogens is 387 g/mol. The van der Waals surface area contributed by atoms with Gasteiger partial charge in [-0.1, -0.05) is 53.5 Å². The molecule has 0 radical (unpaired) electrons. The molecule has 0 atom stereocenters. The highest BCUT2D eigenvalue weighted by Crippen LogP contribution is 2.29. The normalized spacial score (nSPS) is 11.3. The number of rotatable bonds is 6. The highest BCUT2D eigenvalue weighted by atomic mass is 35.5. The molecule has 2 aromatic carbocycles. The number of aromatic nitrogens is 3. The van der Waals surface area contributed by atoms with Crippen LogP contribution in [-0.4, -0.2) is 26.3 Å². The van der Waals surface area contributed by atoms with E-state index in [1.807, 2.05) is 46.5 Å². The predicted octanol–water partition coefficient (Wildman–Crippen LogP) is 5.50. The highest BCUT2D eigenvalue weighted by molar-refractivity contribution is 7.71. The van der Waals surface area contributed by atoms with Crippen LogP contribution in [0.15, 0.2) is 48.5 Å². The molecule has 1 heterocycles. The molecule has 0 unspecified atom stereocenters. The summed E-state index contributed by atoms with van der Waals surface area (Å²) in [7, 11) is 2.05. The van der Waals surface area contributed by atoms with E-state index in [0.717, 1.165) is 24.5 Å². The van der Waals surface area contributed by atoms with Gasteiger partial charge in [0.25, 0.3) is 0 Å². The van der Waals surface area contributed by atoms with E-state index >= 15 is 0 Å². The summed E-state index contributed by atoms with van der Waals surface area (Å²) in [5.41, 5.74) is 2.07. The Morgan fingerprint density at radius 2 is 1.85 bits per heavy atom. The van der Waals surface area contributed by atoms with Crippen LogP contribution in [0.5, 0.6) is 0 Å². The lowest BCUT2D eigenvalue weighted by Gasteiger charge is -2.16.